The van der Waals surface area contributed by atoms with Crippen molar-refractivity contribution in [1.82, 2.24) is 14.5 Å². The maximum atomic E-state index is 13.6. The van der Waals surface area contributed by atoms with E-state index in [4.69, 9.17) is 4.74 Å². The number of halogens is 3. The van der Waals surface area contributed by atoms with Gasteiger partial charge in [0.1, 0.15) is 11.8 Å². The quantitative estimate of drug-likeness (QED) is 0.557. The lowest BCUT2D eigenvalue weighted by atomic mass is 10.1. The number of amides is 1. The molecule has 35 heavy (non-hydrogen) atoms. The van der Waals surface area contributed by atoms with Crippen molar-refractivity contribution in [3.63, 3.8) is 0 Å². The number of fused-ring (bicyclic) bond motifs is 1. The van der Waals surface area contributed by atoms with Gasteiger partial charge in [-0.05, 0) is 56.2 Å². The summed E-state index contributed by atoms with van der Waals surface area (Å²) in [4.78, 5) is 33.6. The van der Waals surface area contributed by atoms with E-state index in [-0.39, 0.29) is 11.0 Å². The molecule has 1 unspecified atom stereocenters. The van der Waals surface area contributed by atoms with Crippen LogP contribution in [0.4, 0.5) is 18.9 Å². The lowest BCUT2D eigenvalue weighted by molar-refractivity contribution is -0.143. The molecule has 0 radical (unpaired) electrons. The minimum absolute atomic E-state index is 0.0301. The van der Waals surface area contributed by atoms with Gasteiger partial charge in [-0.3, -0.25) is 14.2 Å². The van der Waals surface area contributed by atoms with Crippen molar-refractivity contribution < 1.29 is 22.7 Å². The molecule has 0 spiro atoms. The van der Waals surface area contributed by atoms with E-state index in [0.717, 1.165) is 27.1 Å². The molecule has 1 atom stereocenters. The number of benzene rings is 2. The summed E-state index contributed by atoms with van der Waals surface area (Å²) in [5.41, 5.74) is -0.0967. The average molecular weight is 489 g/mol. The predicted octanol–water partition coefficient (Wildman–Crippen LogP) is 3.95. The summed E-state index contributed by atoms with van der Waals surface area (Å²) in [6.45, 7) is 6.87. The molecule has 186 valence electrons. The molecule has 4 rings (SSSR count). The van der Waals surface area contributed by atoms with Gasteiger partial charge < -0.3 is 14.5 Å². The first kappa shape index (κ1) is 24.6. The number of aryl methyl sites for hydroxylation is 2. The molecule has 2 aromatic carbocycles. The Morgan fingerprint density at radius 1 is 1.06 bits per heavy atom. The third-order valence-electron chi connectivity index (χ3n) is 6.53. The van der Waals surface area contributed by atoms with Crippen LogP contribution in [0.15, 0.2) is 41.2 Å². The first-order chi connectivity index (χ1) is 16.5. The molecule has 0 aliphatic carbocycles. The molecule has 1 amide bonds. The Kier molecular flexibility index (Phi) is 6.48. The minimum atomic E-state index is -4.93. The zero-order valence-electron chi connectivity index (χ0n) is 20.0. The number of carbonyl (C=O) groups excluding carboxylic acids is 1. The molecular formula is C25H27F3N4O3. The Labute approximate surface area is 200 Å². The van der Waals surface area contributed by atoms with Gasteiger partial charge >= 0.3 is 6.18 Å². The number of anilines is 1. The maximum absolute atomic E-state index is 13.6. The summed E-state index contributed by atoms with van der Waals surface area (Å²) in [7, 11) is 1.59. The van der Waals surface area contributed by atoms with Crippen LogP contribution in [0.1, 0.15) is 29.8 Å². The van der Waals surface area contributed by atoms with E-state index < -0.39 is 29.4 Å². The average Bonchev–Trinajstić information content (AvgIpc) is 2.83. The number of ether oxygens (including phenoxy) is 1. The molecule has 0 saturated carbocycles. The highest BCUT2D eigenvalue weighted by atomic mass is 19.4. The fourth-order valence-electron chi connectivity index (χ4n) is 4.40. The van der Waals surface area contributed by atoms with E-state index in [1.807, 2.05) is 24.3 Å². The fourth-order valence-corrected chi connectivity index (χ4v) is 4.40. The molecule has 1 aliphatic rings. The van der Waals surface area contributed by atoms with Crippen molar-refractivity contribution in [3.05, 3.63) is 63.6 Å². The van der Waals surface area contributed by atoms with Gasteiger partial charge in [-0.15, -0.1) is 0 Å². The molecular weight excluding hydrogens is 461 g/mol. The third kappa shape index (κ3) is 4.69. The molecule has 0 bridgehead atoms. The van der Waals surface area contributed by atoms with Crippen LogP contribution >= 0.6 is 0 Å². The van der Waals surface area contributed by atoms with Gasteiger partial charge in [-0.2, -0.15) is 13.2 Å². The number of carbonyl (C=O) groups is 1. The van der Waals surface area contributed by atoms with Crippen molar-refractivity contribution in [2.45, 2.75) is 33.0 Å². The Hall–Kier alpha value is -3.56. The highest BCUT2D eigenvalue weighted by Gasteiger charge is 2.39. The summed E-state index contributed by atoms with van der Waals surface area (Å²) in [5.74, 6) is 0.320. The predicted molar refractivity (Wildman–Crippen MR) is 127 cm³/mol. The second-order valence-electron chi connectivity index (χ2n) is 8.75. The Morgan fingerprint density at radius 2 is 1.71 bits per heavy atom. The van der Waals surface area contributed by atoms with E-state index in [2.05, 4.69) is 9.88 Å². The zero-order chi connectivity index (χ0) is 25.5. The first-order valence-electron chi connectivity index (χ1n) is 11.3. The first-order valence-corrected chi connectivity index (χ1v) is 11.3. The van der Waals surface area contributed by atoms with E-state index in [0.29, 0.717) is 26.2 Å². The van der Waals surface area contributed by atoms with Gasteiger partial charge in [0.25, 0.3) is 5.56 Å². The van der Waals surface area contributed by atoms with Crippen LogP contribution < -0.4 is 15.2 Å². The minimum Gasteiger partial charge on any atom is -0.497 e. The topological polar surface area (TPSA) is 67.7 Å². The Morgan fingerprint density at radius 3 is 2.34 bits per heavy atom. The number of rotatable bonds is 4. The van der Waals surface area contributed by atoms with Crippen LogP contribution in [0.5, 0.6) is 5.75 Å². The van der Waals surface area contributed by atoms with Crippen LogP contribution in [0, 0.1) is 13.8 Å². The summed E-state index contributed by atoms with van der Waals surface area (Å²) in [5, 5.41) is 0. The fraction of sp³-hybridized carbons (Fsp3) is 0.400. The van der Waals surface area contributed by atoms with Crippen molar-refractivity contribution in [3.8, 4) is 5.75 Å². The van der Waals surface area contributed by atoms with Gasteiger partial charge in [0.2, 0.25) is 11.6 Å². The number of hydrogen-bond acceptors (Lipinski definition) is 5. The molecule has 2 heterocycles. The SMILES string of the molecule is COc1cccc(N2CCN(C(=O)C(C)n3c(=O)c(C(F)(F)F)nc4cc(C)c(C)cc43)CC2)c1. The van der Waals surface area contributed by atoms with Crippen LogP contribution in [-0.4, -0.2) is 53.6 Å². The molecule has 3 aromatic rings. The van der Waals surface area contributed by atoms with Crippen molar-refractivity contribution in [2.24, 2.45) is 0 Å². The summed E-state index contributed by atoms with van der Waals surface area (Å²) in [6, 6.07) is 9.60. The molecule has 1 fully saturated rings. The van der Waals surface area contributed by atoms with Crippen LogP contribution in [0.2, 0.25) is 0 Å². The summed E-state index contributed by atoms with van der Waals surface area (Å²) < 4.78 is 47.1. The van der Waals surface area contributed by atoms with Crippen molar-refractivity contribution in [2.75, 3.05) is 38.2 Å². The van der Waals surface area contributed by atoms with Gasteiger partial charge in [0.05, 0.1) is 18.1 Å². The van der Waals surface area contributed by atoms with Crippen molar-refractivity contribution >= 4 is 22.6 Å². The second-order valence-corrected chi connectivity index (χ2v) is 8.75. The Bertz CT molecular complexity index is 1330. The van der Waals surface area contributed by atoms with Crippen LogP contribution in [0.3, 0.4) is 0 Å². The van der Waals surface area contributed by atoms with Gasteiger partial charge in [0.15, 0.2) is 0 Å². The summed E-state index contributed by atoms with van der Waals surface area (Å²) >= 11 is 0. The maximum Gasteiger partial charge on any atom is 0.438 e. The monoisotopic (exact) mass is 488 g/mol. The largest absolute Gasteiger partial charge is 0.497 e. The molecule has 1 saturated heterocycles. The number of nitrogens with zero attached hydrogens (tertiary/aromatic N) is 4. The smallest absolute Gasteiger partial charge is 0.438 e. The molecule has 1 aromatic heterocycles. The van der Waals surface area contributed by atoms with Crippen LogP contribution in [0.25, 0.3) is 11.0 Å². The van der Waals surface area contributed by atoms with Gasteiger partial charge in [-0.1, -0.05) is 6.07 Å². The highest BCUT2D eigenvalue weighted by Crippen LogP contribution is 2.29. The number of methoxy groups -OCH3 is 1. The van der Waals surface area contributed by atoms with E-state index >= 15 is 0 Å². The normalized spacial score (nSPS) is 15.4. The number of piperazine rings is 1. The lowest BCUT2D eigenvalue weighted by Gasteiger charge is -2.37. The number of hydrogen-bond donors (Lipinski definition) is 0. The summed E-state index contributed by atoms with van der Waals surface area (Å²) in [6.07, 6.45) is -4.93. The standard InChI is InChI=1S/C25H27F3N4O3/c1-15-12-20-21(13-16(15)2)32(24(34)22(29-20)25(26,27)28)17(3)23(33)31-10-8-30(9-11-31)18-6-5-7-19(14-18)35-4/h5-7,12-14,17H,8-11H2,1-4H3. The molecule has 1 aliphatic heterocycles. The Balaban J connectivity index is 1.64. The van der Waals surface area contributed by atoms with E-state index in [9.17, 15) is 22.8 Å². The highest BCUT2D eigenvalue weighted by molar-refractivity contribution is 5.84. The molecule has 0 N–H and O–H groups in total. The lowest BCUT2D eigenvalue weighted by Crippen LogP contribution is -2.51. The van der Waals surface area contributed by atoms with Crippen molar-refractivity contribution in [1.29, 1.82) is 0 Å². The molecule has 7 nitrogen and oxygen atoms in total. The number of aromatic nitrogens is 2. The van der Waals surface area contributed by atoms with E-state index in [1.54, 1.807) is 31.9 Å². The number of alkyl halides is 3. The van der Waals surface area contributed by atoms with Gasteiger partial charge in [-0.25, -0.2) is 4.98 Å². The zero-order valence-corrected chi connectivity index (χ0v) is 20.0. The van der Waals surface area contributed by atoms with Gasteiger partial charge in [0, 0.05) is 37.9 Å². The second kappa shape index (κ2) is 9.24. The third-order valence-corrected chi connectivity index (χ3v) is 6.53. The molecule has 10 heteroatoms. The van der Waals surface area contributed by atoms with Crippen LogP contribution in [-0.2, 0) is 11.0 Å². The van der Waals surface area contributed by atoms with E-state index in [1.165, 1.54) is 13.0 Å².